The van der Waals surface area contributed by atoms with Crippen LogP contribution in [0.2, 0.25) is 5.02 Å². The van der Waals surface area contributed by atoms with Gasteiger partial charge >= 0.3 is 0 Å². The van der Waals surface area contributed by atoms with Crippen molar-refractivity contribution in [3.63, 3.8) is 0 Å². The third-order valence-electron chi connectivity index (χ3n) is 4.53. The highest BCUT2D eigenvalue weighted by atomic mass is 35.5. The van der Waals surface area contributed by atoms with Crippen LogP contribution in [-0.2, 0) is 16.0 Å². The number of para-hydroxylation sites is 1. The van der Waals surface area contributed by atoms with E-state index >= 15 is 0 Å². The van der Waals surface area contributed by atoms with E-state index in [1.807, 2.05) is 50.2 Å². The molecule has 0 saturated heterocycles. The SMILES string of the molecule is CC(=O)N(CC(=O)N1CCc2ccccc21)c1c(C)cc(C)cc1Cl. The maximum absolute atomic E-state index is 12.9. The van der Waals surface area contributed by atoms with Crippen LogP contribution in [-0.4, -0.2) is 24.9 Å². The van der Waals surface area contributed by atoms with Crippen LogP contribution in [0.15, 0.2) is 36.4 Å². The van der Waals surface area contributed by atoms with Gasteiger partial charge in [0.25, 0.3) is 0 Å². The number of hydrogen-bond donors (Lipinski definition) is 0. The van der Waals surface area contributed by atoms with E-state index in [4.69, 9.17) is 11.6 Å². The van der Waals surface area contributed by atoms with Gasteiger partial charge in [-0.05, 0) is 49.1 Å². The molecule has 0 unspecified atom stereocenters. The standard InChI is InChI=1S/C20H21ClN2O2/c1-13-10-14(2)20(17(21)11-13)23(15(3)24)12-19(25)22-9-8-16-6-4-5-7-18(16)22/h4-7,10-11H,8-9,12H2,1-3H3. The normalized spacial score (nSPS) is 12.9. The summed E-state index contributed by atoms with van der Waals surface area (Å²) in [6, 6.07) is 11.7. The van der Waals surface area contributed by atoms with Crippen LogP contribution in [0.3, 0.4) is 0 Å². The first-order valence-corrected chi connectivity index (χ1v) is 8.69. The van der Waals surface area contributed by atoms with Crippen molar-refractivity contribution in [2.24, 2.45) is 0 Å². The first kappa shape index (κ1) is 17.5. The van der Waals surface area contributed by atoms with Crippen LogP contribution in [0, 0.1) is 13.8 Å². The first-order chi connectivity index (χ1) is 11.9. The fraction of sp³-hybridized carbons (Fsp3) is 0.300. The molecule has 0 fully saturated rings. The molecule has 1 aliphatic rings. The van der Waals surface area contributed by atoms with Crippen molar-refractivity contribution >= 4 is 34.8 Å². The first-order valence-electron chi connectivity index (χ1n) is 8.31. The molecule has 3 rings (SSSR count). The van der Waals surface area contributed by atoms with Gasteiger partial charge in [-0.3, -0.25) is 9.59 Å². The van der Waals surface area contributed by atoms with Crippen molar-refractivity contribution in [2.75, 3.05) is 22.9 Å². The molecule has 5 heteroatoms. The zero-order valence-corrected chi connectivity index (χ0v) is 15.4. The second kappa shape index (κ2) is 6.89. The number of carbonyl (C=O) groups excluding carboxylic acids is 2. The largest absolute Gasteiger partial charge is 0.310 e. The zero-order chi connectivity index (χ0) is 18.1. The Labute approximate surface area is 153 Å². The molecule has 0 atom stereocenters. The number of anilines is 2. The highest BCUT2D eigenvalue weighted by molar-refractivity contribution is 6.34. The average Bonchev–Trinajstić information content (AvgIpc) is 2.96. The van der Waals surface area contributed by atoms with Crippen molar-refractivity contribution in [1.82, 2.24) is 0 Å². The quantitative estimate of drug-likeness (QED) is 0.836. The number of aryl methyl sites for hydroxylation is 2. The third-order valence-corrected chi connectivity index (χ3v) is 4.82. The fourth-order valence-electron chi connectivity index (χ4n) is 3.42. The van der Waals surface area contributed by atoms with Crippen LogP contribution in [0.25, 0.3) is 0 Å². The van der Waals surface area contributed by atoms with E-state index < -0.39 is 0 Å². The van der Waals surface area contributed by atoms with Gasteiger partial charge in [0.05, 0.1) is 10.7 Å². The Hall–Kier alpha value is -2.33. The second-order valence-corrected chi connectivity index (χ2v) is 6.85. The van der Waals surface area contributed by atoms with Crippen molar-refractivity contribution in [3.05, 3.63) is 58.1 Å². The van der Waals surface area contributed by atoms with E-state index in [0.717, 1.165) is 28.8 Å². The molecule has 0 aromatic heterocycles. The number of benzene rings is 2. The van der Waals surface area contributed by atoms with Gasteiger partial charge in [0.1, 0.15) is 6.54 Å². The Morgan fingerprint density at radius 2 is 1.92 bits per heavy atom. The smallest absolute Gasteiger partial charge is 0.247 e. The summed E-state index contributed by atoms with van der Waals surface area (Å²) in [5.74, 6) is -0.300. The maximum atomic E-state index is 12.9. The van der Waals surface area contributed by atoms with Crippen LogP contribution in [0.1, 0.15) is 23.6 Å². The number of hydrogen-bond acceptors (Lipinski definition) is 2. The van der Waals surface area contributed by atoms with Crippen LogP contribution >= 0.6 is 11.6 Å². The average molecular weight is 357 g/mol. The molecule has 2 aromatic carbocycles. The third kappa shape index (κ3) is 3.40. The molecular weight excluding hydrogens is 336 g/mol. The summed E-state index contributed by atoms with van der Waals surface area (Å²) in [5.41, 5.74) is 4.61. The molecule has 25 heavy (non-hydrogen) atoms. The lowest BCUT2D eigenvalue weighted by atomic mass is 10.1. The highest BCUT2D eigenvalue weighted by Gasteiger charge is 2.28. The molecule has 130 valence electrons. The zero-order valence-electron chi connectivity index (χ0n) is 14.7. The minimum absolute atomic E-state index is 0.0205. The van der Waals surface area contributed by atoms with E-state index in [0.29, 0.717) is 17.3 Å². The number of rotatable bonds is 3. The van der Waals surface area contributed by atoms with Crippen molar-refractivity contribution in [3.8, 4) is 0 Å². The van der Waals surface area contributed by atoms with E-state index in [1.165, 1.54) is 11.8 Å². The fourth-order valence-corrected chi connectivity index (χ4v) is 3.84. The van der Waals surface area contributed by atoms with Crippen molar-refractivity contribution in [1.29, 1.82) is 0 Å². The van der Waals surface area contributed by atoms with E-state index in [1.54, 1.807) is 4.90 Å². The summed E-state index contributed by atoms with van der Waals surface area (Å²) in [5, 5.41) is 0.488. The molecule has 2 amide bonds. The van der Waals surface area contributed by atoms with Gasteiger partial charge in [0.2, 0.25) is 11.8 Å². The van der Waals surface area contributed by atoms with E-state index in [2.05, 4.69) is 0 Å². The summed E-state index contributed by atoms with van der Waals surface area (Å²) in [6.07, 6.45) is 0.840. The summed E-state index contributed by atoms with van der Waals surface area (Å²) >= 11 is 6.38. The molecule has 0 saturated carbocycles. The van der Waals surface area contributed by atoms with Crippen LogP contribution in [0.4, 0.5) is 11.4 Å². The van der Waals surface area contributed by atoms with Crippen molar-refractivity contribution < 1.29 is 9.59 Å². The Kier molecular flexibility index (Phi) is 4.82. The van der Waals surface area contributed by atoms with Gasteiger partial charge in [-0.2, -0.15) is 0 Å². The molecule has 0 spiro atoms. The maximum Gasteiger partial charge on any atom is 0.247 e. The number of halogens is 1. The number of fused-ring (bicyclic) bond motifs is 1. The predicted molar refractivity (Wildman–Crippen MR) is 101 cm³/mol. The summed E-state index contributed by atoms with van der Waals surface area (Å²) in [7, 11) is 0. The second-order valence-electron chi connectivity index (χ2n) is 6.44. The number of amides is 2. The topological polar surface area (TPSA) is 40.6 Å². The molecule has 0 aliphatic carbocycles. The van der Waals surface area contributed by atoms with Gasteiger partial charge in [-0.25, -0.2) is 0 Å². The molecule has 4 nitrogen and oxygen atoms in total. The van der Waals surface area contributed by atoms with Crippen molar-refractivity contribution in [2.45, 2.75) is 27.2 Å². The molecule has 2 aromatic rings. The van der Waals surface area contributed by atoms with Gasteiger partial charge in [-0.1, -0.05) is 35.9 Å². The minimum Gasteiger partial charge on any atom is -0.310 e. The predicted octanol–water partition coefficient (Wildman–Crippen LogP) is 3.90. The Morgan fingerprint density at radius 3 is 2.60 bits per heavy atom. The lowest BCUT2D eigenvalue weighted by molar-refractivity contribution is -0.121. The monoisotopic (exact) mass is 356 g/mol. The summed E-state index contributed by atoms with van der Waals surface area (Å²) < 4.78 is 0. The molecule has 1 aliphatic heterocycles. The molecule has 0 radical (unpaired) electrons. The highest BCUT2D eigenvalue weighted by Crippen LogP contribution is 2.32. The lowest BCUT2D eigenvalue weighted by Crippen LogP contribution is -2.42. The van der Waals surface area contributed by atoms with E-state index in [9.17, 15) is 9.59 Å². The Morgan fingerprint density at radius 1 is 1.20 bits per heavy atom. The van der Waals surface area contributed by atoms with Gasteiger partial charge in [0.15, 0.2) is 0 Å². The molecule has 0 bridgehead atoms. The molecule has 0 N–H and O–H groups in total. The molecular formula is C20H21ClN2O2. The van der Waals surface area contributed by atoms with E-state index in [-0.39, 0.29) is 18.4 Å². The van der Waals surface area contributed by atoms with Crippen LogP contribution < -0.4 is 9.80 Å². The van der Waals surface area contributed by atoms with Gasteiger partial charge in [0, 0.05) is 19.2 Å². The Balaban J connectivity index is 1.89. The minimum atomic E-state index is -0.199. The summed E-state index contributed by atoms with van der Waals surface area (Å²) in [4.78, 5) is 28.3. The van der Waals surface area contributed by atoms with Gasteiger partial charge < -0.3 is 9.80 Å². The number of carbonyl (C=O) groups is 2. The summed E-state index contributed by atoms with van der Waals surface area (Å²) in [6.45, 7) is 5.94. The van der Waals surface area contributed by atoms with Crippen LogP contribution in [0.5, 0.6) is 0 Å². The van der Waals surface area contributed by atoms with Gasteiger partial charge in [-0.15, -0.1) is 0 Å². The Bertz CT molecular complexity index is 824. The lowest BCUT2D eigenvalue weighted by Gasteiger charge is -2.27. The molecule has 1 heterocycles. The number of nitrogens with zero attached hydrogens (tertiary/aromatic N) is 2.